The van der Waals surface area contributed by atoms with Crippen LogP contribution in [0.5, 0.6) is 11.6 Å². The molecule has 5 aliphatic rings. The lowest BCUT2D eigenvalue weighted by molar-refractivity contribution is -0.219. The summed E-state index contributed by atoms with van der Waals surface area (Å²) in [6.07, 6.45) is 4.79. The first-order valence-corrected chi connectivity index (χ1v) is 22.2. The number of halogens is 2. The second-order valence-corrected chi connectivity index (χ2v) is 20.1. The summed E-state index contributed by atoms with van der Waals surface area (Å²) in [5.74, 6) is -4.59. The molecule has 4 amide bonds. The molecule has 17 heteroatoms. The molecular formula is C42H55F2N5O9S. The summed E-state index contributed by atoms with van der Waals surface area (Å²) in [5.41, 5.74) is -3.94. The van der Waals surface area contributed by atoms with Gasteiger partial charge in [0, 0.05) is 29.2 Å². The summed E-state index contributed by atoms with van der Waals surface area (Å²) in [4.78, 5) is 62.7. The fourth-order valence-corrected chi connectivity index (χ4v) is 10.4. The minimum Gasteiger partial charge on any atom is -0.491 e. The molecule has 3 N–H and O–H groups in total. The average Bonchev–Trinajstić information content (AvgIpc) is 4.09. The van der Waals surface area contributed by atoms with E-state index in [0.29, 0.717) is 73.8 Å². The summed E-state index contributed by atoms with van der Waals surface area (Å²) >= 11 is 0. The van der Waals surface area contributed by atoms with E-state index in [1.807, 2.05) is 13.0 Å². The topological polar surface area (TPSA) is 185 Å². The third-order valence-electron chi connectivity index (χ3n) is 13.3. The van der Waals surface area contributed by atoms with Crippen molar-refractivity contribution in [3.63, 3.8) is 0 Å². The summed E-state index contributed by atoms with van der Waals surface area (Å²) in [5, 5.41) is 14.2. The SMILES string of the molecule is CCC(C)N(C(=O)O)[C@@H]1C(=O)N2[C@@H](C[C@@](C)(Oc3nc4c(c5ccccc35)OCCC4)C2(F)F)C(=O)N[C@]2(C(=O)NS(=O)(=O)C3(C)CC3)C[C@H]2/C=C\CC[C@H](C)C[C@H]1C. The summed E-state index contributed by atoms with van der Waals surface area (Å²) < 4.78 is 75.3. The van der Waals surface area contributed by atoms with Crippen molar-refractivity contribution in [1.29, 1.82) is 0 Å². The van der Waals surface area contributed by atoms with Crippen molar-refractivity contribution in [2.75, 3.05) is 6.61 Å². The van der Waals surface area contributed by atoms with Crippen LogP contribution >= 0.6 is 0 Å². The van der Waals surface area contributed by atoms with E-state index >= 15 is 13.6 Å². The van der Waals surface area contributed by atoms with Gasteiger partial charge in [-0.2, -0.15) is 8.78 Å². The van der Waals surface area contributed by atoms with Crippen molar-refractivity contribution >= 4 is 44.6 Å². The Labute approximate surface area is 343 Å². The van der Waals surface area contributed by atoms with Gasteiger partial charge in [-0.3, -0.25) is 28.9 Å². The van der Waals surface area contributed by atoms with Gasteiger partial charge in [0.2, 0.25) is 21.8 Å². The Balaban J connectivity index is 1.35. The molecule has 2 aromatic rings. The maximum absolute atomic E-state index is 17.8. The van der Waals surface area contributed by atoms with Crippen molar-refractivity contribution < 1.29 is 51.0 Å². The highest BCUT2D eigenvalue weighted by Gasteiger charge is 2.71. The van der Waals surface area contributed by atoms with Crippen LogP contribution in [0.4, 0.5) is 13.6 Å². The predicted octanol–water partition coefficient (Wildman–Crippen LogP) is 5.92. The van der Waals surface area contributed by atoms with E-state index < -0.39 is 92.2 Å². The molecule has 1 aromatic heterocycles. The number of benzene rings is 1. The van der Waals surface area contributed by atoms with E-state index in [9.17, 15) is 27.9 Å². The molecular weight excluding hydrogens is 789 g/mol. The van der Waals surface area contributed by atoms with Crippen LogP contribution in [0.1, 0.15) is 105 Å². The maximum Gasteiger partial charge on any atom is 0.408 e. The van der Waals surface area contributed by atoms with Gasteiger partial charge in [-0.05, 0) is 96.5 Å². The van der Waals surface area contributed by atoms with Crippen molar-refractivity contribution in [3.8, 4) is 11.6 Å². The Morgan fingerprint density at radius 2 is 1.85 bits per heavy atom. The van der Waals surface area contributed by atoms with Gasteiger partial charge in [-0.25, -0.2) is 18.2 Å². The fourth-order valence-electron chi connectivity index (χ4n) is 9.08. The molecule has 7 rings (SSSR count). The van der Waals surface area contributed by atoms with Crippen LogP contribution in [-0.4, -0.2) is 98.8 Å². The number of ether oxygens (including phenoxy) is 2. The number of carbonyl (C=O) groups excluding carboxylic acids is 3. The number of carboxylic acid groups (broad SMARTS) is 1. The van der Waals surface area contributed by atoms with Crippen molar-refractivity contribution in [2.24, 2.45) is 17.8 Å². The lowest BCUT2D eigenvalue weighted by Crippen LogP contribution is -2.64. The number of pyridine rings is 1. The Morgan fingerprint density at radius 1 is 1.15 bits per heavy atom. The van der Waals surface area contributed by atoms with Crippen LogP contribution in [-0.2, 0) is 30.8 Å². The predicted molar refractivity (Wildman–Crippen MR) is 213 cm³/mol. The highest BCUT2D eigenvalue weighted by Crippen LogP contribution is 2.52. The molecule has 0 bridgehead atoms. The molecule has 0 spiro atoms. The number of aromatic nitrogens is 1. The van der Waals surface area contributed by atoms with Gasteiger partial charge in [0.05, 0.1) is 17.0 Å². The molecule has 59 heavy (non-hydrogen) atoms. The number of fused-ring (bicyclic) bond motifs is 5. The number of rotatable bonds is 8. The van der Waals surface area contributed by atoms with Crippen LogP contribution in [0.15, 0.2) is 36.4 Å². The minimum absolute atomic E-state index is 0.0126. The zero-order valence-corrected chi connectivity index (χ0v) is 35.2. The molecule has 1 aromatic carbocycles. The number of carbonyl (C=O) groups is 4. The monoisotopic (exact) mass is 843 g/mol. The number of alkyl halides is 2. The lowest BCUT2D eigenvalue weighted by atomic mass is 9.86. The zero-order valence-electron chi connectivity index (χ0n) is 34.4. The van der Waals surface area contributed by atoms with Crippen molar-refractivity contribution in [3.05, 3.63) is 42.1 Å². The average molecular weight is 844 g/mol. The van der Waals surface area contributed by atoms with Crippen LogP contribution in [0.3, 0.4) is 0 Å². The first-order valence-electron chi connectivity index (χ1n) is 20.7. The largest absolute Gasteiger partial charge is 0.491 e. The number of nitrogens with one attached hydrogen (secondary N) is 2. The molecule has 1 saturated heterocycles. The Bertz CT molecular complexity index is 2180. The number of nitrogens with zero attached hydrogens (tertiary/aromatic N) is 3. The number of amides is 4. The summed E-state index contributed by atoms with van der Waals surface area (Å²) in [6.45, 7) is 9.96. The number of sulfonamides is 1. The van der Waals surface area contributed by atoms with Gasteiger partial charge in [-0.15, -0.1) is 0 Å². The number of allylic oxidation sites excluding steroid dienone is 1. The van der Waals surface area contributed by atoms with Crippen LogP contribution < -0.4 is 19.5 Å². The number of hydrogen-bond acceptors (Lipinski definition) is 9. The van der Waals surface area contributed by atoms with Crippen molar-refractivity contribution in [2.45, 2.75) is 146 Å². The van der Waals surface area contributed by atoms with E-state index in [1.165, 1.54) is 6.92 Å². The quantitative estimate of drug-likeness (QED) is 0.213. The van der Waals surface area contributed by atoms with Crippen LogP contribution in [0, 0.1) is 17.8 Å². The molecule has 3 fully saturated rings. The fraction of sp³-hybridized carbons (Fsp3) is 0.643. The van der Waals surface area contributed by atoms with Gasteiger partial charge >= 0.3 is 12.1 Å². The molecule has 3 aliphatic heterocycles. The zero-order chi connectivity index (χ0) is 42.9. The smallest absolute Gasteiger partial charge is 0.408 e. The summed E-state index contributed by atoms with van der Waals surface area (Å²) in [7, 11) is -4.16. The van der Waals surface area contributed by atoms with Gasteiger partial charge in [0.25, 0.3) is 11.8 Å². The number of hydrogen-bond donors (Lipinski definition) is 3. The Morgan fingerprint density at radius 3 is 2.51 bits per heavy atom. The lowest BCUT2D eigenvalue weighted by Gasteiger charge is -2.42. The van der Waals surface area contributed by atoms with Gasteiger partial charge in [0.1, 0.15) is 23.4 Å². The molecule has 2 aliphatic carbocycles. The first kappa shape index (κ1) is 42.6. The van der Waals surface area contributed by atoms with E-state index in [4.69, 9.17) is 9.47 Å². The van der Waals surface area contributed by atoms with Gasteiger partial charge in [0.15, 0.2) is 5.60 Å². The first-order chi connectivity index (χ1) is 27.7. The van der Waals surface area contributed by atoms with Gasteiger partial charge in [-0.1, -0.05) is 51.1 Å². The van der Waals surface area contributed by atoms with E-state index in [-0.39, 0.29) is 29.5 Å². The van der Waals surface area contributed by atoms with E-state index in [2.05, 4.69) is 15.0 Å². The van der Waals surface area contributed by atoms with E-state index in [1.54, 1.807) is 51.1 Å². The maximum atomic E-state index is 17.8. The van der Waals surface area contributed by atoms with Gasteiger partial charge < -0.3 is 19.9 Å². The second-order valence-electron chi connectivity index (χ2n) is 17.9. The third-order valence-corrected chi connectivity index (χ3v) is 15.5. The van der Waals surface area contributed by atoms with Crippen LogP contribution in [0.2, 0.25) is 0 Å². The molecule has 14 nitrogen and oxygen atoms in total. The molecule has 322 valence electrons. The van der Waals surface area contributed by atoms with Crippen molar-refractivity contribution in [1.82, 2.24) is 24.8 Å². The molecule has 4 heterocycles. The molecule has 0 radical (unpaired) electrons. The molecule has 8 atom stereocenters. The number of aryl methyl sites for hydroxylation is 1. The second kappa shape index (κ2) is 15.2. The van der Waals surface area contributed by atoms with E-state index in [0.717, 1.165) is 11.8 Å². The standard InChI is InChI=1S/C42H55F2N5O9S/c1-7-26(4)48(38(53)54)32-25(3)21-24(2)13-8-9-14-27-22-41(27,37(52)47-59(55,56)39(5)18-19-39)46-34(50)31-23-40(6,42(43,44)49(31)36(32)51)58-35-29-16-11-10-15-28(29)33-30(45-35)17-12-20-57-33/h9-11,14-16,24-27,31-32H,7-8,12-13,17-23H2,1-6H3,(H,46,50)(H,47,52)(H,53,54)/b14-9-/t24-,25+,26?,27+,31-,32-,40+,41+/m0/s1. The highest BCUT2D eigenvalue weighted by atomic mass is 32.2. The third kappa shape index (κ3) is 7.38. The Hall–Kier alpha value is -4.54. The highest BCUT2D eigenvalue weighted by molar-refractivity contribution is 7.91. The van der Waals surface area contributed by atoms with Crippen LogP contribution in [0.25, 0.3) is 10.8 Å². The molecule has 2 saturated carbocycles. The summed E-state index contributed by atoms with van der Waals surface area (Å²) in [6, 6.07) is -1.78. The Kier molecular flexibility index (Phi) is 11.0. The molecule has 1 unspecified atom stereocenters. The minimum atomic E-state index is -4.26. The normalized spacial score (nSPS) is 32.4.